The smallest absolute Gasteiger partial charge is 0.341 e. The Morgan fingerprint density at radius 1 is 1.27 bits per heavy atom. The van der Waals surface area contributed by atoms with Gasteiger partial charge in [-0.2, -0.15) is 0 Å². The van der Waals surface area contributed by atoms with E-state index in [1.807, 2.05) is 39.8 Å². The zero-order chi connectivity index (χ0) is 21.5. The lowest BCUT2D eigenvalue weighted by atomic mass is 9.83. The van der Waals surface area contributed by atoms with E-state index in [4.69, 9.17) is 10.1 Å². The van der Waals surface area contributed by atoms with Crippen LogP contribution in [0.25, 0.3) is 0 Å². The standard InChI is InChI=1S/C22H25N3O4.ClH/c1-12-6-7-13-10-25(20(23)18(13)24-12)11-17(26)14-8-15(21(28)29-5)19(27)16(9-14)22(2,3)4;/h6-9,23,27H,10-11H2,1-5H3;1H. The molecule has 0 spiro atoms. The highest BCUT2D eigenvalue weighted by Crippen LogP contribution is 2.35. The number of hydrogen-bond acceptors (Lipinski definition) is 6. The van der Waals surface area contributed by atoms with Crippen LogP contribution in [0.1, 0.15) is 64.0 Å². The Bertz CT molecular complexity index is 1030. The monoisotopic (exact) mass is 431 g/mol. The predicted octanol–water partition coefficient (Wildman–Crippen LogP) is 3.63. The highest BCUT2D eigenvalue weighted by molar-refractivity contribution is 6.05. The van der Waals surface area contributed by atoms with Gasteiger partial charge in [-0.05, 0) is 30.5 Å². The van der Waals surface area contributed by atoms with Crippen LogP contribution in [-0.4, -0.2) is 46.2 Å². The molecule has 0 aliphatic carbocycles. The Kier molecular flexibility index (Phi) is 6.57. The number of ether oxygens (including phenoxy) is 1. The number of fused-ring (bicyclic) bond motifs is 1. The molecule has 0 amide bonds. The first-order chi connectivity index (χ1) is 13.5. The molecule has 2 aromatic rings. The number of pyridine rings is 1. The van der Waals surface area contributed by atoms with Gasteiger partial charge in [0.2, 0.25) is 0 Å². The average Bonchev–Trinajstić information content (AvgIpc) is 2.95. The van der Waals surface area contributed by atoms with E-state index < -0.39 is 11.4 Å². The van der Waals surface area contributed by atoms with Gasteiger partial charge >= 0.3 is 5.97 Å². The normalized spacial score (nSPS) is 13.0. The molecule has 3 rings (SSSR count). The molecule has 30 heavy (non-hydrogen) atoms. The molecular weight excluding hydrogens is 406 g/mol. The summed E-state index contributed by atoms with van der Waals surface area (Å²) in [6, 6.07) is 6.77. The van der Waals surface area contributed by atoms with E-state index in [1.165, 1.54) is 13.2 Å². The molecule has 0 saturated carbocycles. The van der Waals surface area contributed by atoms with Crippen LogP contribution in [0.2, 0.25) is 0 Å². The highest BCUT2D eigenvalue weighted by Gasteiger charge is 2.30. The zero-order valence-electron chi connectivity index (χ0n) is 17.7. The van der Waals surface area contributed by atoms with Crippen LogP contribution in [0, 0.1) is 12.3 Å². The summed E-state index contributed by atoms with van der Waals surface area (Å²) in [7, 11) is 1.23. The Morgan fingerprint density at radius 3 is 2.53 bits per heavy atom. The molecule has 0 bridgehead atoms. The maximum Gasteiger partial charge on any atom is 0.341 e. The second kappa shape index (κ2) is 8.44. The zero-order valence-corrected chi connectivity index (χ0v) is 18.5. The number of carbonyl (C=O) groups is 2. The number of halogens is 1. The van der Waals surface area contributed by atoms with E-state index in [1.54, 1.807) is 11.0 Å². The number of amidine groups is 1. The van der Waals surface area contributed by atoms with Crippen molar-refractivity contribution in [2.75, 3.05) is 13.7 Å². The molecule has 0 fully saturated rings. The van der Waals surface area contributed by atoms with Crippen LogP contribution >= 0.6 is 12.4 Å². The number of nitrogens with zero attached hydrogens (tertiary/aromatic N) is 2. The second-order valence-electron chi connectivity index (χ2n) is 8.25. The van der Waals surface area contributed by atoms with Gasteiger partial charge in [-0.15, -0.1) is 12.4 Å². The van der Waals surface area contributed by atoms with Crippen molar-refractivity contribution >= 4 is 30.0 Å². The molecule has 2 N–H and O–H groups in total. The van der Waals surface area contributed by atoms with E-state index in [0.717, 1.165) is 11.3 Å². The first-order valence-corrected chi connectivity index (χ1v) is 9.32. The van der Waals surface area contributed by atoms with Crippen LogP contribution in [0.15, 0.2) is 24.3 Å². The molecule has 0 saturated heterocycles. The fourth-order valence-electron chi connectivity index (χ4n) is 3.38. The van der Waals surface area contributed by atoms with Crippen molar-refractivity contribution < 1.29 is 19.4 Å². The number of Topliss-reactive ketones (excluding diaryl/α,β-unsaturated/α-hetero) is 1. The summed E-state index contributed by atoms with van der Waals surface area (Å²) >= 11 is 0. The summed E-state index contributed by atoms with van der Waals surface area (Å²) in [4.78, 5) is 31.2. The fourth-order valence-corrected chi connectivity index (χ4v) is 3.38. The van der Waals surface area contributed by atoms with Gasteiger partial charge in [0.25, 0.3) is 0 Å². The molecule has 1 aromatic heterocycles. The van der Waals surface area contributed by atoms with Crippen LogP contribution in [0.4, 0.5) is 0 Å². The molecule has 1 aliphatic heterocycles. The third kappa shape index (κ3) is 4.31. The summed E-state index contributed by atoms with van der Waals surface area (Å²) < 4.78 is 4.76. The number of nitrogens with one attached hydrogen (secondary N) is 1. The summed E-state index contributed by atoms with van der Waals surface area (Å²) in [5, 5.41) is 18.9. The number of hydrogen-bond donors (Lipinski definition) is 2. The van der Waals surface area contributed by atoms with E-state index >= 15 is 0 Å². The maximum atomic E-state index is 13.0. The van der Waals surface area contributed by atoms with E-state index in [-0.39, 0.29) is 41.9 Å². The van der Waals surface area contributed by atoms with Crippen molar-refractivity contribution in [3.63, 3.8) is 0 Å². The number of carbonyl (C=O) groups excluding carboxylic acids is 2. The highest BCUT2D eigenvalue weighted by atomic mass is 35.5. The van der Waals surface area contributed by atoms with Crippen LogP contribution in [0.3, 0.4) is 0 Å². The van der Waals surface area contributed by atoms with Crippen LogP contribution in [0.5, 0.6) is 5.75 Å². The van der Waals surface area contributed by atoms with Crippen molar-refractivity contribution in [3.05, 3.63) is 57.9 Å². The molecular formula is C22H26ClN3O4. The topological polar surface area (TPSA) is 104 Å². The third-order valence-electron chi connectivity index (χ3n) is 5.00. The SMILES string of the molecule is COC(=O)c1cc(C(=O)CN2Cc3ccc(C)nc3C2=N)cc(C(C)(C)C)c1O.Cl. The molecule has 7 nitrogen and oxygen atoms in total. The summed E-state index contributed by atoms with van der Waals surface area (Å²) in [6.07, 6.45) is 0. The molecule has 0 radical (unpaired) electrons. The van der Waals surface area contributed by atoms with E-state index in [0.29, 0.717) is 23.4 Å². The first kappa shape index (κ1) is 23.3. The lowest BCUT2D eigenvalue weighted by Crippen LogP contribution is -2.31. The fraction of sp³-hybridized carbons (Fsp3) is 0.364. The third-order valence-corrected chi connectivity index (χ3v) is 5.00. The van der Waals surface area contributed by atoms with Crippen molar-refractivity contribution in [2.45, 2.75) is 39.7 Å². The summed E-state index contributed by atoms with van der Waals surface area (Å²) in [5.41, 5.74) is 2.57. The van der Waals surface area contributed by atoms with Gasteiger partial charge in [0.15, 0.2) is 5.78 Å². The second-order valence-corrected chi connectivity index (χ2v) is 8.25. The van der Waals surface area contributed by atoms with Gasteiger partial charge in [0.1, 0.15) is 22.8 Å². The largest absolute Gasteiger partial charge is 0.507 e. The van der Waals surface area contributed by atoms with Gasteiger partial charge in [0.05, 0.1) is 13.7 Å². The van der Waals surface area contributed by atoms with E-state index in [9.17, 15) is 14.7 Å². The number of esters is 1. The van der Waals surface area contributed by atoms with Crippen molar-refractivity contribution in [3.8, 4) is 5.75 Å². The first-order valence-electron chi connectivity index (χ1n) is 9.32. The van der Waals surface area contributed by atoms with Gasteiger partial charge in [-0.1, -0.05) is 26.8 Å². The Morgan fingerprint density at radius 2 is 1.93 bits per heavy atom. The Labute approximate surface area is 182 Å². The molecule has 0 atom stereocenters. The van der Waals surface area contributed by atoms with Crippen molar-refractivity contribution in [1.29, 1.82) is 5.41 Å². The number of rotatable bonds is 4. The minimum atomic E-state index is -0.705. The van der Waals surface area contributed by atoms with E-state index in [2.05, 4.69) is 4.98 Å². The molecule has 1 aromatic carbocycles. The maximum absolute atomic E-state index is 13.0. The van der Waals surface area contributed by atoms with Crippen molar-refractivity contribution in [2.24, 2.45) is 0 Å². The Balaban J connectivity index is 0.00000320. The molecule has 8 heteroatoms. The van der Waals surface area contributed by atoms with Gasteiger partial charge in [-0.25, -0.2) is 9.78 Å². The quantitative estimate of drug-likeness (QED) is 0.566. The Hall–Kier alpha value is -2.93. The summed E-state index contributed by atoms with van der Waals surface area (Å²) in [5.74, 6) is -0.930. The van der Waals surface area contributed by atoms with Gasteiger partial charge < -0.3 is 14.7 Å². The number of benzene rings is 1. The lowest BCUT2D eigenvalue weighted by molar-refractivity contribution is 0.0597. The average molecular weight is 432 g/mol. The minimum absolute atomic E-state index is 0. The summed E-state index contributed by atoms with van der Waals surface area (Å²) in [6.45, 7) is 7.93. The van der Waals surface area contributed by atoms with Crippen LogP contribution < -0.4 is 0 Å². The predicted molar refractivity (Wildman–Crippen MR) is 116 cm³/mol. The molecule has 2 heterocycles. The number of phenols is 1. The minimum Gasteiger partial charge on any atom is -0.507 e. The molecule has 160 valence electrons. The number of aryl methyl sites for hydroxylation is 1. The van der Waals surface area contributed by atoms with Crippen LogP contribution in [-0.2, 0) is 16.7 Å². The van der Waals surface area contributed by atoms with Gasteiger partial charge in [0, 0.05) is 28.9 Å². The molecule has 0 unspecified atom stereocenters. The molecule has 1 aliphatic rings. The number of aromatic hydroxyl groups is 1. The number of aromatic nitrogens is 1. The number of methoxy groups -OCH3 is 1. The van der Waals surface area contributed by atoms with Crippen molar-refractivity contribution in [1.82, 2.24) is 9.88 Å². The van der Waals surface area contributed by atoms with Gasteiger partial charge in [-0.3, -0.25) is 10.2 Å². The number of phenolic OH excluding ortho intramolecular Hbond substituents is 1. The number of ketones is 1. The lowest BCUT2D eigenvalue weighted by Gasteiger charge is -2.23.